The average molecular weight is 391 g/mol. The van der Waals surface area contributed by atoms with E-state index in [0.29, 0.717) is 38.5 Å². The first-order valence-corrected chi connectivity index (χ1v) is 9.93. The zero-order chi connectivity index (χ0) is 20.2. The van der Waals surface area contributed by atoms with Crippen LogP contribution in [0.3, 0.4) is 0 Å². The van der Waals surface area contributed by atoms with Gasteiger partial charge in [-0.25, -0.2) is 0 Å². The van der Waals surface area contributed by atoms with Crippen LogP contribution in [0.4, 0.5) is 0 Å². The van der Waals surface area contributed by atoms with Gasteiger partial charge >= 0.3 is 0 Å². The van der Waals surface area contributed by atoms with Gasteiger partial charge in [0.2, 0.25) is 5.91 Å². The molecule has 6 nitrogen and oxygen atoms in total. The number of rotatable bonds is 5. The van der Waals surface area contributed by atoms with Gasteiger partial charge in [0.15, 0.2) is 5.76 Å². The molecule has 1 aromatic heterocycles. The van der Waals surface area contributed by atoms with Gasteiger partial charge in [-0.1, -0.05) is 36.4 Å². The molecule has 150 valence electrons. The fourth-order valence-corrected chi connectivity index (χ4v) is 3.72. The minimum absolute atomic E-state index is 0.00327. The lowest BCUT2D eigenvalue weighted by Crippen LogP contribution is -2.51. The Morgan fingerprint density at radius 3 is 2.48 bits per heavy atom. The summed E-state index contributed by atoms with van der Waals surface area (Å²) >= 11 is 0. The summed E-state index contributed by atoms with van der Waals surface area (Å²) in [6.07, 6.45) is 1.50. The van der Waals surface area contributed by atoms with Crippen LogP contribution >= 0.6 is 0 Å². The summed E-state index contributed by atoms with van der Waals surface area (Å²) in [5, 5.41) is 5.45. The fourth-order valence-electron chi connectivity index (χ4n) is 3.72. The number of benzene rings is 2. The van der Waals surface area contributed by atoms with Crippen molar-refractivity contribution in [3.8, 4) is 0 Å². The second-order valence-electron chi connectivity index (χ2n) is 7.44. The highest BCUT2D eigenvalue weighted by Gasteiger charge is 2.25. The van der Waals surface area contributed by atoms with Gasteiger partial charge in [-0.05, 0) is 41.5 Å². The molecule has 1 saturated heterocycles. The Bertz CT molecular complexity index is 992. The molecule has 1 fully saturated rings. The molecule has 0 bridgehead atoms. The number of nitrogens with zero attached hydrogens (tertiary/aromatic N) is 2. The van der Waals surface area contributed by atoms with E-state index in [0.717, 1.165) is 5.56 Å². The van der Waals surface area contributed by atoms with Gasteiger partial charge in [-0.15, -0.1) is 0 Å². The highest BCUT2D eigenvalue weighted by molar-refractivity contribution is 5.91. The fraction of sp³-hybridized carbons (Fsp3) is 0.304. The van der Waals surface area contributed by atoms with Crippen molar-refractivity contribution < 1.29 is 14.0 Å². The first-order valence-electron chi connectivity index (χ1n) is 9.93. The van der Waals surface area contributed by atoms with Crippen LogP contribution < -0.4 is 5.32 Å². The molecule has 29 heavy (non-hydrogen) atoms. The second kappa shape index (κ2) is 8.49. The number of fused-ring (bicyclic) bond motifs is 1. The van der Waals surface area contributed by atoms with Crippen molar-refractivity contribution in [3.63, 3.8) is 0 Å². The summed E-state index contributed by atoms with van der Waals surface area (Å²) in [6.45, 7) is 4.86. The van der Waals surface area contributed by atoms with Gasteiger partial charge in [-0.2, -0.15) is 0 Å². The Hall–Kier alpha value is -3.12. The quantitative estimate of drug-likeness (QED) is 0.726. The molecule has 1 aliphatic rings. The summed E-state index contributed by atoms with van der Waals surface area (Å²) in [4.78, 5) is 28.7. The van der Waals surface area contributed by atoms with Crippen LogP contribution in [-0.2, 0) is 4.79 Å². The first kappa shape index (κ1) is 19.2. The van der Waals surface area contributed by atoms with E-state index in [1.807, 2.05) is 19.1 Å². The molecule has 1 aliphatic heterocycles. The van der Waals surface area contributed by atoms with Crippen molar-refractivity contribution in [1.82, 2.24) is 15.1 Å². The Kier molecular flexibility index (Phi) is 5.62. The third kappa shape index (κ3) is 4.49. The average Bonchev–Trinajstić information content (AvgIpc) is 3.28. The van der Waals surface area contributed by atoms with Crippen LogP contribution in [0.1, 0.15) is 29.1 Å². The number of amides is 2. The van der Waals surface area contributed by atoms with E-state index >= 15 is 0 Å². The molecule has 2 heterocycles. The van der Waals surface area contributed by atoms with Crippen molar-refractivity contribution in [3.05, 3.63) is 72.2 Å². The number of carbonyl (C=O) groups excluding carboxylic acids is 2. The molecule has 0 aliphatic carbocycles. The van der Waals surface area contributed by atoms with E-state index in [9.17, 15) is 9.59 Å². The van der Waals surface area contributed by atoms with Crippen LogP contribution in [0.25, 0.3) is 10.8 Å². The molecule has 2 amide bonds. The SMILES string of the molecule is CC(NC(=O)CN1CCN(C(=O)c2ccco2)CC1)c1ccc2ccccc2c1. The monoisotopic (exact) mass is 391 g/mol. The normalized spacial score (nSPS) is 16.0. The number of hydrogen-bond donors (Lipinski definition) is 1. The van der Waals surface area contributed by atoms with E-state index in [-0.39, 0.29) is 17.9 Å². The predicted octanol–water partition coefficient (Wildman–Crippen LogP) is 3.07. The maximum Gasteiger partial charge on any atom is 0.289 e. The molecule has 0 spiro atoms. The Morgan fingerprint density at radius 1 is 1.00 bits per heavy atom. The lowest BCUT2D eigenvalue weighted by atomic mass is 10.0. The van der Waals surface area contributed by atoms with Gasteiger partial charge in [0.05, 0.1) is 18.8 Å². The van der Waals surface area contributed by atoms with Crippen LogP contribution in [0, 0.1) is 0 Å². The van der Waals surface area contributed by atoms with Gasteiger partial charge in [0, 0.05) is 26.2 Å². The maximum atomic E-state index is 12.5. The third-order valence-corrected chi connectivity index (χ3v) is 5.41. The first-order chi connectivity index (χ1) is 14.1. The Balaban J connectivity index is 1.28. The molecule has 0 radical (unpaired) electrons. The number of nitrogens with one attached hydrogen (secondary N) is 1. The Morgan fingerprint density at radius 2 is 1.76 bits per heavy atom. The van der Waals surface area contributed by atoms with Crippen LogP contribution in [0.2, 0.25) is 0 Å². The van der Waals surface area contributed by atoms with Gasteiger partial charge in [0.1, 0.15) is 0 Å². The van der Waals surface area contributed by atoms with E-state index in [2.05, 4.69) is 40.5 Å². The van der Waals surface area contributed by atoms with Crippen molar-refractivity contribution in [2.75, 3.05) is 32.7 Å². The molecule has 1 atom stereocenters. The summed E-state index contributed by atoms with van der Waals surface area (Å²) in [6, 6.07) is 17.8. The number of carbonyl (C=O) groups is 2. The molecular formula is C23H25N3O3. The van der Waals surface area contributed by atoms with E-state index in [1.54, 1.807) is 17.0 Å². The van der Waals surface area contributed by atoms with Gasteiger partial charge in [-0.3, -0.25) is 14.5 Å². The van der Waals surface area contributed by atoms with Gasteiger partial charge < -0.3 is 14.6 Å². The minimum atomic E-state index is -0.0935. The van der Waals surface area contributed by atoms with Gasteiger partial charge in [0.25, 0.3) is 5.91 Å². The summed E-state index contributed by atoms with van der Waals surface area (Å²) in [5.74, 6) is 0.265. The number of hydrogen-bond acceptors (Lipinski definition) is 4. The predicted molar refractivity (Wildman–Crippen MR) is 112 cm³/mol. The number of furan rings is 1. The van der Waals surface area contributed by atoms with Crippen molar-refractivity contribution in [2.24, 2.45) is 0 Å². The van der Waals surface area contributed by atoms with E-state index in [1.165, 1.54) is 17.0 Å². The largest absolute Gasteiger partial charge is 0.459 e. The molecule has 2 aromatic carbocycles. The standard InChI is InChI=1S/C23H25N3O3/c1-17(19-9-8-18-5-2-3-6-20(18)15-19)24-22(27)16-25-10-12-26(13-11-25)23(28)21-7-4-14-29-21/h2-9,14-15,17H,10-13,16H2,1H3,(H,24,27). The van der Waals surface area contributed by atoms with Crippen LogP contribution in [0.5, 0.6) is 0 Å². The van der Waals surface area contributed by atoms with Crippen molar-refractivity contribution in [1.29, 1.82) is 0 Å². The molecule has 4 rings (SSSR count). The zero-order valence-corrected chi connectivity index (χ0v) is 16.5. The molecule has 1 N–H and O–H groups in total. The van der Waals surface area contributed by atoms with Crippen LogP contribution in [0.15, 0.2) is 65.3 Å². The van der Waals surface area contributed by atoms with Crippen molar-refractivity contribution >= 4 is 22.6 Å². The highest BCUT2D eigenvalue weighted by Crippen LogP contribution is 2.20. The van der Waals surface area contributed by atoms with E-state index in [4.69, 9.17) is 4.42 Å². The highest BCUT2D eigenvalue weighted by atomic mass is 16.3. The second-order valence-corrected chi connectivity index (χ2v) is 7.44. The maximum absolute atomic E-state index is 12.5. The third-order valence-electron chi connectivity index (χ3n) is 5.41. The molecular weight excluding hydrogens is 366 g/mol. The van der Waals surface area contributed by atoms with Crippen LogP contribution in [-0.4, -0.2) is 54.3 Å². The van der Waals surface area contributed by atoms with E-state index < -0.39 is 0 Å². The lowest BCUT2D eigenvalue weighted by molar-refractivity contribution is -0.123. The van der Waals surface area contributed by atoms with Crippen molar-refractivity contribution in [2.45, 2.75) is 13.0 Å². The summed E-state index contributed by atoms with van der Waals surface area (Å²) < 4.78 is 5.18. The summed E-state index contributed by atoms with van der Waals surface area (Å²) in [7, 11) is 0. The zero-order valence-electron chi connectivity index (χ0n) is 16.5. The smallest absolute Gasteiger partial charge is 0.289 e. The number of piperazine rings is 1. The topological polar surface area (TPSA) is 65.8 Å². The molecule has 0 saturated carbocycles. The Labute approximate surface area is 170 Å². The minimum Gasteiger partial charge on any atom is -0.459 e. The molecule has 3 aromatic rings. The summed E-state index contributed by atoms with van der Waals surface area (Å²) in [5.41, 5.74) is 1.09. The lowest BCUT2D eigenvalue weighted by Gasteiger charge is -2.34. The molecule has 6 heteroatoms. The molecule has 1 unspecified atom stereocenters.